The van der Waals surface area contributed by atoms with Crippen molar-refractivity contribution in [2.75, 3.05) is 26.7 Å². The van der Waals surface area contributed by atoms with Gasteiger partial charge in [-0.2, -0.15) is 0 Å². The fourth-order valence-electron chi connectivity index (χ4n) is 1.75. The normalized spacial score (nSPS) is 11.1. The lowest BCUT2D eigenvalue weighted by Gasteiger charge is -2.21. The summed E-state index contributed by atoms with van der Waals surface area (Å²) < 4.78 is 0. The molecule has 0 saturated heterocycles. The number of rotatable bonds is 7. The van der Waals surface area contributed by atoms with Crippen LogP contribution in [0.4, 0.5) is 0 Å². The quantitative estimate of drug-likeness (QED) is 0.820. The van der Waals surface area contributed by atoms with Gasteiger partial charge in [0, 0.05) is 19.6 Å². The maximum absolute atomic E-state index is 6.02. The zero-order valence-electron chi connectivity index (χ0n) is 10.5. The SMILES string of the molecule is CCCN(CCNC)Cc1ccc(Cl)c(Cl)c1. The molecule has 0 aliphatic rings. The van der Waals surface area contributed by atoms with Crippen LogP contribution < -0.4 is 5.32 Å². The van der Waals surface area contributed by atoms with Gasteiger partial charge in [0.2, 0.25) is 0 Å². The van der Waals surface area contributed by atoms with Crippen LogP contribution in [0.2, 0.25) is 10.0 Å². The number of halogens is 2. The van der Waals surface area contributed by atoms with E-state index in [4.69, 9.17) is 23.2 Å². The predicted molar refractivity (Wildman–Crippen MR) is 76.0 cm³/mol. The highest BCUT2D eigenvalue weighted by atomic mass is 35.5. The smallest absolute Gasteiger partial charge is 0.0595 e. The molecule has 1 rings (SSSR count). The highest BCUT2D eigenvalue weighted by Crippen LogP contribution is 2.23. The first-order valence-electron chi connectivity index (χ1n) is 5.98. The molecule has 0 fully saturated rings. The van der Waals surface area contributed by atoms with Crippen molar-refractivity contribution in [3.8, 4) is 0 Å². The molecular formula is C13H20Cl2N2. The summed E-state index contributed by atoms with van der Waals surface area (Å²) >= 11 is 11.9. The number of hydrogen-bond acceptors (Lipinski definition) is 2. The summed E-state index contributed by atoms with van der Waals surface area (Å²) in [4.78, 5) is 2.41. The van der Waals surface area contributed by atoms with E-state index >= 15 is 0 Å². The Balaban J connectivity index is 2.61. The van der Waals surface area contributed by atoms with Crippen molar-refractivity contribution in [2.45, 2.75) is 19.9 Å². The summed E-state index contributed by atoms with van der Waals surface area (Å²) in [5.74, 6) is 0. The Morgan fingerprint density at radius 1 is 1.18 bits per heavy atom. The van der Waals surface area contributed by atoms with Crippen LogP contribution in [0, 0.1) is 0 Å². The Labute approximate surface area is 114 Å². The van der Waals surface area contributed by atoms with E-state index in [0.717, 1.165) is 32.6 Å². The average Bonchev–Trinajstić information content (AvgIpc) is 2.31. The van der Waals surface area contributed by atoms with Crippen LogP contribution in [0.3, 0.4) is 0 Å². The average molecular weight is 275 g/mol. The molecule has 17 heavy (non-hydrogen) atoms. The van der Waals surface area contributed by atoms with Crippen molar-refractivity contribution in [3.05, 3.63) is 33.8 Å². The molecule has 0 aliphatic heterocycles. The Hall–Kier alpha value is -0.280. The monoisotopic (exact) mass is 274 g/mol. The van der Waals surface area contributed by atoms with Gasteiger partial charge in [-0.1, -0.05) is 36.2 Å². The van der Waals surface area contributed by atoms with Gasteiger partial charge in [0.15, 0.2) is 0 Å². The molecule has 0 aromatic heterocycles. The maximum atomic E-state index is 6.02. The Morgan fingerprint density at radius 3 is 2.53 bits per heavy atom. The van der Waals surface area contributed by atoms with Crippen LogP contribution in [0.15, 0.2) is 18.2 Å². The summed E-state index contributed by atoms with van der Waals surface area (Å²) in [6, 6.07) is 5.85. The molecule has 0 spiro atoms. The third kappa shape index (κ3) is 5.26. The lowest BCUT2D eigenvalue weighted by Crippen LogP contribution is -2.31. The Kier molecular flexibility index (Phi) is 6.90. The molecule has 4 heteroatoms. The molecule has 0 amide bonds. The number of hydrogen-bond donors (Lipinski definition) is 1. The molecule has 2 nitrogen and oxygen atoms in total. The molecule has 0 heterocycles. The van der Waals surface area contributed by atoms with Gasteiger partial charge < -0.3 is 5.32 Å². The first kappa shape index (κ1) is 14.8. The second-order valence-electron chi connectivity index (χ2n) is 4.13. The molecule has 1 aromatic rings. The zero-order chi connectivity index (χ0) is 12.7. The minimum atomic E-state index is 0.618. The van der Waals surface area contributed by atoms with E-state index in [1.165, 1.54) is 5.56 Å². The van der Waals surface area contributed by atoms with E-state index in [9.17, 15) is 0 Å². The van der Waals surface area contributed by atoms with Crippen LogP contribution in [0.25, 0.3) is 0 Å². The lowest BCUT2D eigenvalue weighted by atomic mass is 10.2. The molecule has 0 bridgehead atoms. The molecule has 1 aromatic carbocycles. The topological polar surface area (TPSA) is 15.3 Å². The summed E-state index contributed by atoms with van der Waals surface area (Å²) in [6.07, 6.45) is 1.16. The molecule has 1 N–H and O–H groups in total. The molecule has 0 radical (unpaired) electrons. The van der Waals surface area contributed by atoms with Gasteiger partial charge in [0.05, 0.1) is 10.0 Å². The van der Waals surface area contributed by atoms with E-state index in [1.807, 2.05) is 25.2 Å². The van der Waals surface area contributed by atoms with Gasteiger partial charge in [0.1, 0.15) is 0 Å². The largest absolute Gasteiger partial charge is 0.318 e. The third-order valence-electron chi connectivity index (χ3n) is 2.61. The van der Waals surface area contributed by atoms with Crippen molar-refractivity contribution in [3.63, 3.8) is 0 Å². The third-order valence-corrected chi connectivity index (χ3v) is 3.35. The first-order valence-corrected chi connectivity index (χ1v) is 6.73. The molecule has 0 atom stereocenters. The van der Waals surface area contributed by atoms with E-state index in [1.54, 1.807) is 0 Å². The van der Waals surface area contributed by atoms with E-state index in [0.29, 0.717) is 10.0 Å². The number of benzene rings is 1. The number of nitrogens with one attached hydrogen (secondary N) is 1. The summed E-state index contributed by atoms with van der Waals surface area (Å²) in [7, 11) is 1.98. The Morgan fingerprint density at radius 2 is 1.94 bits per heavy atom. The van der Waals surface area contributed by atoms with Crippen molar-refractivity contribution < 1.29 is 0 Å². The molecule has 0 saturated carbocycles. The van der Waals surface area contributed by atoms with Gasteiger partial charge >= 0.3 is 0 Å². The minimum absolute atomic E-state index is 0.618. The van der Waals surface area contributed by atoms with Crippen LogP contribution in [0.5, 0.6) is 0 Å². The van der Waals surface area contributed by atoms with Crippen LogP contribution >= 0.6 is 23.2 Å². The van der Waals surface area contributed by atoms with Crippen molar-refractivity contribution in [2.24, 2.45) is 0 Å². The summed E-state index contributed by atoms with van der Waals surface area (Å²) in [5, 5.41) is 4.43. The standard InChI is InChI=1S/C13H20Cl2N2/c1-3-7-17(8-6-16-2)10-11-4-5-12(14)13(15)9-11/h4-5,9,16H,3,6-8,10H2,1-2H3. The van der Waals surface area contributed by atoms with Crippen LogP contribution in [-0.2, 0) is 6.54 Å². The molecular weight excluding hydrogens is 255 g/mol. The van der Waals surface area contributed by atoms with E-state index < -0.39 is 0 Å². The predicted octanol–water partition coefficient (Wildman–Crippen LogP) is 3.42. The molecule has 0 unspecified atom stereocenters. The second kappa shape index (κ2) is 7.93. The van der Waals surface area contributed by atoms with Gasteiger partial charge in [-0.25, -0.2) is 0 Å². The maximum Gasteiger partial charge on any atom is 0.0595 e. The first-order chi connectivity index (χ1) is 8.17. The van der Waals surface area contributed by atoms with Crippen molar-refractivity contribution >= 4 is 23.2 Å². The van der Waals surface area contributed by atoms with Crippen LogP contribution in [0.1, 0.15) is 18.9 Å². The number of likely N-dealkylation sites (N-methyl/N-ethyl adjacent to an activating group) is 1. The van der Waals surface area contributed by atoms with Crippen LogP contribution in [-0.4, -0.2) is 31.6 Å². The van der Waals surface area contributed by atoms with Gasteiger partial charge in [0.25, 0.3) is 0 Å². The zero-order valence-corrected chi connectivity index (χ0v) is 12.0. The Bertz CT molecular complexity index is 342. The molecule has 96 valence electrons. The number of nitrogens with zero attached hydrogens (tertiary/aromatic N) is 1. The van der Waals surface area contributed by atoms with Crippen molar-refractivity contribution in [1.29, 1.82) is 0 Å². The summed E-state index contributed by atoms with van der Waals surface area (Å²) in [6.45, 7) is 6.27. The van der Waals surface area contributed by atoms with Gasteiger partial charge in [-0.3, -0.25) is 4.90 Å². The molecule has 0 aliphatic carbocycles. The van der Waals surface area contributed by atoms with E-state index in [-0.39, 0.29) is 0 Å². The fourth-order valence-corrected chi connectivity index (χ4v) is 2.07. The lowest BCUT2D eigenvalue weighted by molar-refractivity contribution is 0.268. The summed E-state index contributed by atoms with van der Waals surface area (Å²) in [5.41, 5.74) is 1.21. The highest BCUT2D eigenvalue weighted by Gasteiger charge is 2.06. The minimum Gasteiger partial charge on any atom is -0.318 e. The van der Waals surface area contributed by atoms with Gasteiger partial charge in [-0.05, 0) is 37.7 Å². The van der Waals surface area contributed by atoms with Crippen molar-refractivity contribution in [1.82, 2.24) is 10.2 Å². The fraction of sp³-hybridized carbons (Fsp3) is 0.538. The second-order valence-corrected chi connectivity index (χ2v) is 4.94. The highest BCUT2D eigenvalue weighted by molar-refractivity contribution is 6.42. The van der Waals surface area contributed by atoms with E-state index in [2.05, 4.69) is 17.1 Å². The van der Waals surface area contributed by atoms with Gasteiger partial charge in [-0.15, -0.1) is 0 Å².